The van der Waals surface area contributed by atoms with Crippen LogP contribution in [0.4, 0.5) is 0 Å². The van der Waals surface area contributed by atoms with Crippen LogP contribution in [0.3, 0.4) is 0 Å². The smallest absolute Gasteiger partial charge is 0.0177 e. The molecule has 1 heteroatoms. The summed E-state index contributed by atoms with van der Waals surface area (Å²) in [7, 11) is 0. The minimum atomic E-state index is 0.715. The Balaban J connectivity index is 2.28. The normalized spacial score (nSPS) is 32.1. The Labute approximate surface area is 94.8 Å². The number of alkyl halides is 1. The molecule has 0 saturated heterocycles. The van der Waals surface area contributed by atoms with Gasteiger partial charge in [-0.1, -0.05) is 47.1 Å². The van der Waals surface area contributed by atoms with Gasteiger partial charge in [0.05, 0.1) is 0 Å². The summed E-state index contributed by atoms with van der Waals surface area (Å²) in [6.07, 6.45) is 2.65. The van der Waals surface area contributed by atoms with Gasteiger partial charge in [0.25, 0.3) is 0 Å². The predicted octanol–water partition coefficient (Wildman–Crippen LogP) is 4.27. The molecule has 0 radical (unpaired) electrons. The molecule has 0 heterocycles. The minimum absolute atomic E-state index is 0.715. The first-order valence-corrected chi connectivity index (χ1v) is 6.31. The van der Waals surface area contributed by atoms with Gasteiger partial charge in [0, 0.05) is 4.83 Å². The lowest BCUT2D eigenvalue weighted by atomic mass is 9.87. The second-order valence-electron chi connectivity index (χ2n) is 4.42. The first-order chi connectivity index (χ1) is 6.70. The average molecular weight is 253 g/mol. The third-order valence-corrected chi connectivity index (χ3v) is 4.84. The van der Waals surface area contributed by atoms with E-state index >= 15 is 0 Å². The van der Waals surface area contributed by atoms with Gasteiger partial charge in [-0.25, -0.2) is 0 Å². The van der Waals surface area contributed by atoms with Crippen LogP contribution in [0.25, 0.3) is 0 Å². The van der Waals surface area contributed by atoms with Gasteiger partial charge >= 0.3 is 0 Å². The average Bonchev–Trinajstić information content (AvgIpc) is 2.49. The molecule has 76 valence electrons. The molecule has 14 heavy (non-hydrogen) atoms. The van der Waals surface area contributed by atoms with Crippen molar-refractivity contribution in [3.63, 3.8) is 0 Å². The van der Waals surface area contributed by atoms with Crippen LogP contribution < -0.4 is 0 Å². The summed E-state index contributed by atoms with van der Waals surface area (Å²) in [5.74, 6) is 1.54. The van der Waals surface area contributed by atoms with E-state index in [0.29, 0.717) is 4.83 Å². The van der Waals surface area contributed by atoms with Crippen LogP contribution in [-0.2, 0) is 0 Å². The number of rotatable bonds is 1. The van der Waals surface area contributed by atoms with Crippen molar-refractivity contribution >= 4 is 15.9 Å². The Morgan fingerprint density at radius 1 is 1.21 bits per heavy atom. The molecule has 2 rings (SSSR count). The van der Waals surface area contributed by atoms with E-state index in [4.69, 9.17) is 0 Å². The molecular formula is C13H17Br. The fourth-order valence-corrected chi connectivity index (χ4v) is 3.19. The molecule has 1 aliphatic rings. The molecule has 0 N–H and O–H groups in total. The van der Waals surface area contributed by atoms with E-state index in [1.165, 1.54) is 18.4 Å². The molecule has 1 fully saturated rings. The van der Waals surface area contributed by atoms with E-state index in [9.17, 15) is 0 Å². The highest BCUT2D eigenvalue weighted by atomic mass is 79.9. The van der Waals surface area contributed by atoms with Crippen molar-refractivity contribution in [1.82, 2.24) is 0 Å². The Morgan fingerprint density at radius 3 is 2.50 bits per heavy atom. The maximum absolute atomic E-state index is 3.77. The van der Waals surface area contributed by atoms with E-state index in [-0.39, 0.29) is 0 Å². The molecule has 0 aromatic heterocycles. The van der Waals surface area contributed by atoms with Crippen molar-refractivity contribution in [3.05, 3.63) is 35.4 Å². The molecule has 1 aliphatic carbocycles. The van der Waals surface area contributed by atoms with Gasteiger partial charge in [0.15, 0.2) is 0 Å². The van der Waals surface area contributed by atoms with Crippen molar-refractivity contribution < 1.29 is 0 Å². The van der Waals surface area contributed by atoms with Crippen LogP contribution in [0.2, 0.25) is 0 Å². The summed E-state index contributed by atoms with van der Waals surface area (Å²) < 4.78 is 0. The van der Waals surface area contributed by atoms with Gasteiger partial charge in [-0.2, -0.15) is 0 Å². The highest BCUT2D eigenvalue weighted by Gasteiger charge is 2.32. The molecule has 1 aromatic rings. The lowest BCUT2D eigenvalue weighted by Crippen LogP contribution is -2.09. The van der Waals surface area contributed by atoms with Gasteiger partial charge in [-0.15, -0.1) is 0 Å². The summed E-state index contributed by atoms with van der Waals surface area (Å²) in [6.45, 7) is 4.59. The SMILES string of the molecule is Cc1ccccc1C1CCC(Br)C1C. The Hall–Kier alpha value is -0.300. The molecule has 3 unspecified atom stereocenters. The van der Waals surface area contributed by atoms with Gasteiger partial charge < -0.3 is 0 Å². The van der Waals surface area contributed by atoms with Crippen molar-refractivity contribution in [1.29, 1.82) is 0 Å². The highest BCUT2D eigenvalue weighted by molar-refractivity contribution is 9.09. The van der Waals surface area contributed by atoms with Gasteiger partial charge in [-0.05, 0) is 42.7 Å². The quantitative estimate of drug-likeness (QED) is 0.655. The molecule has 1 saturated carbocycles. The molecule has 0 bridgehead atoms. The fourth-order valence-electron chi connectivity index (χ4n) is 2.56. The van der Waals surface area contributed by atoms with Gasteiger partial charge in [-0.3, -0.25) is 0 Å². The third-order valence-electron chi connectivity index (χ3n) is 3.55. The first kappa shape index (κ1) is 10.2. The summed E-state index contributed by atoms with van der Waals surface area (Å²) in [5, 5.41) is 0. The second-order valence-corrected chi connectivity index (χ2v) is 5.59. The maximum atomic E-state index is 3.77. The van der Waals surface area contributed by atoms with Crippen LogP contribution >= 0.6 is 15.9 Å². The Bertz CT molecular complexity index is 319. The molecule has 0 spiro atoms. The van der Waals surface area contributed by atoms with Crippen LogP contribution in [-0.4, -0.2) is 4.83 Å². The summed E-state index contributed by atoms with van der Waals surface area (Å²) in [5.41, 5.74) is 3.01. The number of halogens is 1. The van der Waals surface area contributed by atoms with Gasteiger partial charge in [0.1, 0.15) is 0 Å². The molecule has 1 aromatic carbocycles. The molecule has 0 aliphatic heterocycles. The zero-order valence-corrected chi connectivity index (χ0v) is 10.4. The molecular weight excluding hydrogens is 236 g/mol. The van der Waals surface area contributed by atoms with Crippen LogP contribution in [0.1, 0.15) is 36.8 Å². The fraction of sp³-hybridized carbons (Fsp3) is 0.538. The van der Waals surface area contributed by atoms with Crippen LogP contribution in [0.5, 0.6) is 0 Å². The standard InChI is InChI=1S/C13H17Br/c1-9-5-3-4-6-11(9)12-7-8-13(14)10(12)2/h3-6,10,12-13H,7-8H2,1-2H3. The predicted molar refractivity (Wildman–Crippen MR) is 65.0 cm³/mol. The lowest BCUT2D eigenvalue weighted by Gasteiger charge is -2.19. The van der Waals surface area contributed by atoms with E-state index in [2.05, 4.69) is 54.0 Å². The monoisotopic (exact) mass is 252 g/mol. The van der Waals surface area contributed by atoms with Crippen molar-refractivity contribution in [2.45, 2.75) is 37.4 Å². The minimum Gasteiger partial charge on any atom is -0.0888 e. The number of aryl methyl sites for hydroxylation is 1. The van der Waals surface area contributed by atoms with E-state index < -0.39 is 0 Å². The number of hydrogen-bond acceptors (Lipinski definition) is 0. The van der Waals surface area contributed by atoms with Crippen molar-refractivity contribution in [3.8, 4) is 0 Å². The van der Waals surface area contributed by atoms with Crippen LogP contribution in [0, 0.1) is 12.8 Å². The van der Waals surface area contributed by atoms with E-state index in [0.717, 1.165) is 11.8 Å². The highest BCUT2D eigenvalue weighted by Crippen LogP contribution is 2.43. The molecule has 0 amide bonds. The lowest BCUT2D eigenvalue weighted by molar-refractivity contribution is 0.542. The third kappa shape index (κ3) is 1.75. The summed E-state index contributed by atoms with van der Waals surface area (Å²) >= 11 is 3.77. The Morgan fingerprint density at radius 2 is 1.93 bits per heavy atom. The Kier molecular flexibility index (Phi) is 2.96. The second kappa shape index (κ2) is 4.06. The summed E-state index contributed by atoms with van der Waals surface area (Å²) in [4.78, 5) is 0.715. The zero-order valence-electron chi connectivity index (χ0n) is 8.83. The van der Waals surface area contributed by atoms with Crippen LogP contribution in [0.15, 0.2) is 24.3 Å². The zero-order chi connectivity index (χ0) is 10.1. The summed E-state index contributed by atoms with van der Waals surface area (Å²) in [6, 6.07) is 8.81. The van der Waals surface area contributed by atoms with Crippen molar-refractivity contribution in [2.24, 2.45) is 5.92 Å². The number of hydrogen-bond donors (Lipinski definition) is 0. The molecule has 0 nitrogen and oxygen atoms in total. The van der Waals surface area contributed by atoms with Crippen molar-refractivity contribution in [2.75, 3.05) is 0 Å². The molecule has 3 atom stereocenters. The number of benzene rings is 1. The maximum Gasteiger partial charge on any atom is 0.0177 e. The first-order valence-electron chi connectivity index (χ1n) is 5.39. The van der Waals surface area contributed by atoms with E-state index in [1.54, 1.807) is 5.56 Å². The topological polar surface area (TPSA) is 0 Å². The van der Waals surface area contributed by atoms with Gasteiger partial charge in [0.2, 0.25) is 0 Å². The van der Waals surface area contributed by atoms with E-state index in [1.807, 2.05) is 0 Å². The largest absolute Gasteiger partial charge is 0.0888 e.